The van der Waals surface area contributed by atoms with E-state index in [4.69, 9.17) is 20.5 Å². The van der Waals surface area contributed by atoms with Gasteiger partial charge in [0.2, 0.25) is 0 Å². The lowest BCUT2D eigenvalue weighted by Crippen LogP contribution is -2.40. The van der Waals surface area contributed by atoms with E-state index in [1.807, 2.05) is 97.1 Å². The molecule has 4 aromatic carbocycles. The van der Waals surface area contributed by atoms with Crippen LogP contribution < -0.4 is 11.5 Å². The number of hydrogen-bond acceptors (Lipinski definition) is 6. The molecule has 4 fully saturated rings. The first-order valence-electron chi connectivity index (χ1n) is 21.6. The first-order chi connectivity index (χ1) is 29.8. The molecule has 0 bridgehead atoms. The maximum absolute atomic E-state index is 14.9. The Hall–Kier alpha value is -6.30. The summed E-state index contributed by atoms with van der Waals surface area (Å²) >= 11 is 0. The molecule has 12 heteroatoms. The molecule has 10 nitrogen and oxygen atoms in total. The van der Waals surface area contributed by atoms with Gasteiger partial charge >= 0.3 is 0 Å². The van der Waals surface area contributed by atoms with Gasteiger partial charge in [0.25, 0.3) is 0 Å². The van der Waals surface area contributed by atoms with Crippen LogP contribution in [0.15, 0.2) is 128 Å². The zero-order chi connectivity index (χ0) is 41.8. The fraction of sp³-hybridized carbons (Fsp3) is 0.347. The number of piperidine rings is 2. The van der Waals surface area contributed by atoms with Crippen molar-refractivity contribution in [2.45, 2.75) is 81.6 Å². The van der Waals surface area contributed by atoms with Crippen LogP contribution in [0.25, 0.3) is 22.3 Å². The first kappa shape index (κ1) is 40.1. The fourth-order valence-electron chi connectivity index (χ4n) is 8.80. The van der Waals surface area contributed by atoms with Gasteiger partial charge in [-0.2, -0.15) is 4.99 Å². The van der Waals surface area contributed by atoms with Crippen LogP contribution >= 0.6 is 0 Å². The molecule has 2 saturated heterocycles. The van der Waals surface area contributed by atoms with Crippen LogP contribution in [0, 0.1) is 11.6 Å². The van der Waals surface area contributed by atoms with E-state index in [9.17, 15) is 8.78 Å². The van der Waals surface area contributed by atoms with E-state index in [0.717, 1.165) is 111 Å². The summed E-state index contributed by atoms with van der Waals surface area (Å²) < 4.78 is 41.0. The van der Waals surface area contributed by atoms with Crippen molar-refractivity contribution in [3.05, 3.63) is 149 Å². The quantitative estimate of drug-likeness (QED) is 0.109. The predicted molar refractivity (Wildman–Crippen MR) is 234 cm³/mol. The molecule has 314 valence electrons. The third-order valence-corrected chi connectivity index (χ3v) is 12.7. The van der Waals surface area contributed by atoms with E-state index in [1.54, 1.807) is 12.1 Å². The monoisotopic (exact) mass is 822 g/mol. The Labute approximate surface area is 355 Å². The van der Waals surface area contributed by atoms with Crippen LogP contribution in [0.5, 0.6) is 0 Å². The zero-order valence-corrected chi connectivity index (χ0v) is 34.4. The smallest absolute Gasteiger partial charge is 0.198 e. The molecule has 2 aliphatic carbocycles. The average Bonchev–Trinajstić information content (AvgIpc) is 4.20. The first-order valence-corrected chi connectivity index (χ1v) is 21.6. The number of guanidine groups is 2. The summed E-state index contributed by atoms with van der Waals surface area (Å²) in [6.07, 6.45) is 10.7. The standard InChI is InChI=1S/C25H27FN4O.C24H25FN4O/c26-22-15-19(9-10-21(22)18-7-3-1-4-8-18)25(11-12-25)23-16-20(31-29-23)17-28-24(27)30-13-5-2-6-14-30;25-20-15-18(9-10-19(20)17-7-3-1-4-8-17)24(11-12-24)21-16-22(28-30-21)27-23(26)29-13-5-2-6-14-29/h1,3-4,7-10,15-16H,2,5-6,11-14,17H2,(H2,27,28);1,3-4,7-10,15-16H,2,5-6,11-14H2,(H2,26,27,28). The van der Waals surface area contributed by atoms with Crippen molar-refractivity contribution < 1.29 is 17.8 Å². The average molecular weight is 823 g/mol. The summed E-state index contributed by atoms with van der Waals surface area (Å²) in [6, 6.07) is 34.0. The van der Waals surface area contributed by atoms with Gasteiger partial charge in [0.05, 0.1) is 11.1 Å². The van der Waals surface area contributed by atoms with Crippen molar-refractivity contribution in [2.75, 3.05) is 26.2 Å². The molecule has 10 rings (SSSR count). The van der Waals surface area contributed by atoms with Crippen molar-refractivity contribution in [3.8, 4) is 22.3 Å². The van der Waals surface area contributed by atoms with E-state index in [2.05, 4.69) is 30.1 Å². The van der Waals surface area contributed by atoms with Crippen LogP contribution in [-0.4, -0.2) is 58.2 Å². The summed E-state index contributed by atoms with van der Waals surface area (Å²) in [5, 5.41) is 8.41. The third kappa shape index (κ3) is 8.67. The molecule has 4 heterocycles. The van der Waals surface area contributed by atoms with Gasteiger partial charge in [-0.3, -0.25) is 0 Å². The molecule has 6 aromatic rings. The van der Waals surface area contributed by atoms with Gasteiger partial charge in [-0.15, -0.1) is 0 Å². The molecule has 2 saturated carbocycles. The predicted octanol–water partition coefficient (Wildman–Crippen LogP) is 9.85. The lowest BCUT2D eigenvalue weighted by Gasteiger charge is -2.27. The second-order valence-electron chi connectivity index (χ2n) is 16.8. The number of nitrogens with zero attached hydrogens (tertiary/aromatic N) is 6. The zero-order valence-electron chi connectivity index (χ0n) is 34.4. The number of likely N-dealkylation sites (tertiary alicyclic amines) is 2. The molecule has 61 heavy (non-hydrogen) atoms. The summed E-state index contributed by atoms with van der Waals surface area (Å²) in [4.78, 5) is 13.2. The molecule has 0 amide bonds. The number of hydrogen-bond donors (Lipinski definition) is 2. The van der Waals surface area contributed by atoms with Crippen LogP contribution in [0.3, 0.4) is 0 Å². The highest BCUT2D eigenvalue weighted by Crippen LogP contribution is 2.55. The molecule has 2 aliphatic heterocycles. The lowest BCUT2D eigenvalue weighted by molar-refractivity contribution is 0.336. The lowest BCUT2D eigenvalue weighted by atomic mass is 9.90. The van der Waals surface area contributed by atoms with Crippen molar-refractivity contribution in [1.29, 1.82) is 0 Å². The minimum absolute atomic E-state index is 0.211. The minimum atomic E-state index is -0.323. The molecule has 4 aliphatic rings. The molecule has 2 aromatic heterocycles. The Bertz CT molecular complexity index is 2500. The summed E-state index contributed by atoms with van der Waals surface area (Å²) in [7, 11) is 0. The number of benzene rings is 4. The summed E-state index contributed by atoms with van der Waals surface area (Å²) in [5.41, 5.74) is 17.4. The van der Waals surface area contributed by atoms with E-state index < -0.39 is 0 Å². The van der Waals surface area contributed by atoms with Gasteiger partial charge < -0.3 is 30.3 Å². The maximum Gasteiger partial charge on any atom is 0.198 e. The molecule has 0 spiro atoms. The van der Waals surface area contributed by atoms with Crippen molar-refractivity contribution in [2.24, 2.45) is 21.5 Å². The highest BCUT2D eigenvalue weighted by Gasteiger charge is 2.50. The Kier molecular flexibility index (Phi) is 11.4. The molecule has 0 atom stereocenters. The van der Waals surface area contributed by atoms with Gasteiger partial charge in [-0.25, -0.2) is 13.8 Å². The normalized spacial score (nSPS) is 18.3. The number of aliphatic imine (C=N–C) groups is 2. The summed E-state index contributed by atoms with van der Waals surface area (Å²) in [5.74, 6) is 2.49. The van der Waals surface area contributed by atoms with E-state index in [0.29, 0.717) is 41.2 Å². The topological polar surface area (TPSA) is 135 Å². The van der Waals surface area contributed by atoms with Crippen molar-refractivity contribution >= 4 is 17.7 Å². The van der Waals surface area contributed by atoms with Gasteiger partial charge in [-0.05, 0) is 98.6 Å². The fourth-order valence-corrected chi connectivity index (χ4v) is 8.80. The van der Waals surface area contributed by atoms with Crippen LogP contribution in [0.2, 0.25) is 0 Å². The number of nitrogens with two attached hydrogens (primary N) is 2. The highest BCUT2D eigenvalue weighted by molar-refractivity contribution is 5.80. The largest absolute Gasteiger partial charge is 0.370 e. The van der Waals surface area contributed by atoms with Gasteiger partial charge in [0.15, 0.2) is 23.5 Å². The molecular formula is C49H52F2N8O2. The second kappa shape index (κ2) is 17.4. The summed E-state index contributed by atoms with van der Waals surface area (Å²) in [6.45, 7) is 4.15. The van der Waals surface area contributed by atoms with Gasteiger partial charge in [0, 0.05) is 54.9 Å². The van der Waals surface area contributed by atoms with Crippen LogP contribution in [0.4, 0.5) is 14.6 Å². The molecule has 0 radical (unpaired) electrons. The van der Waals surface area contributed by atoms with E-state index in [-0.39, 0.29) is 22.5 Å². The van der Waals surface area contributed by atoms with Crippen molar-refractivity contribution in [3.63, 3.8) is 0 Å². The SMILES string of the molecule is N/C(=N/c1cc(C2(c3ccc(-c4ccccc4)c(F)c3)CC2)on1)N1CCCCC1.N/C(=N\Cc1cc(C2(c3ccc(-c4ccccc4)c(F)c3)CC2)no1)N1CCCCC1. The third-order valence-electron chi connectivity index (χ3n) is 12.7. The van der Waals surface area contributed by atoms with Crippen molar-refractivity contribution in [1.82, 2.24) is 20.1 Å². The van der Waals surface area contributed by atoms with Crippen LogP contribution in [0.1, 0.15) is 92.5 Å². The molecule has 4 N–H and O–H groups in total. The number of rotatable bonds is 9. The minimum Gasteiger partial charge on any atom is -0.370 e. The second-order valence-corrected chi connectivity index (χ2v) is 16.8. The van der Waals surface area contributed by atoms with Crippen LogP contribution in [-0.2, 0) is 17.4 Å². The Morgan fingerprint density at radius 3 is 1.64 bits per heavy atom. The Morgan fingerprint density at radius 1 is 0.590 bits per heavy atom. The molecule has 0 unspecified atom stereocenters. The maximum atomic E-state index is 14.9. The van der Waals surface area contributed by atoms with E-state index in [1.165, 1.54) is 12.8 Å². The number of aromatic nitrogens is 2. The Balaban J connectivity index is 0.000000156. The molecular weight excluding hydrogens is 771 g/mol. The highest BCUT2D eigenvalue weighted by atomic mass is 19.1. The van der Waals surface area contributed by atoms with Gasteiger partial charge in [0.1, 0.15) is 23.9 Å². The Morgan fingerprint density at radius 2 is 1.11 bits per heavy atom. The number of halogens is 2. The van der Waals surface area contributed by atoms with Gasteiger partial charge in [-0.1, -0.05) is 95.2 Å². The van der Waals surface area contributed by atoms with E-state index >= 15 is 0 Å².